The maximum atomic E-state index is 13.3. The summed E-state index contributed by atoms with van der Waals surface area (Å²) in [5.74, 6) is 1.18. The van der Waals surface area contributed by atoms with Crippen LogP contribution in [0.15, 0.2) is 34.1 Å². The minimum absolute atomic E-state index is 0. The van der Waals surface area contributed by atoms with Gasteiger partial charge in [0.1, 0.15) is 5.52 Å². The summed E-state index contributed by atoms with van der Waals surface area (Å²) in [7, 11) is -3.94. The summed E-state index contributed by atoms with van der Waals surface area (Å²) in [6.45, 7) is 1.00. The van der Waals surface area contributed by atoms with Crippen molar-refractivity contribution in [3.63, 3.8) is 0 Å². The molecule has 4 rings (SSSR count). The molecule has 1 aliphatic rings. The number of carbonyl (C=O) groups is 1. The standard InChI is InChI=1S/C20H20N4O5S.ClH/c1-2-8-24(11-12-4-3-7-21-12)30(28,29)13-5-6-16-14(9-13)17-15(20(26)27)10-22-18(17)19(25)23-16;/h1,5-6,9-10,12,21-22H,3-4,7-8,11H2,(H,23,25)(H,26,27);1H. The Bertz CT molecular complexity index is 1350. The summed E-state index contributed by atoms with van der Waals surface area (Å²) in [6, 6.07) is 4.26. The fourth-order valence-corrected chi connectivity index (χ4v) is 5.32. The number of carboxylic acid groups (broad SMARTS) is 1. The van der Waals surface area contributed by atoms with Crippen LogP contribution in [0.1, 0.15) is 23.2 Å². The number of benzene rings is 1. The average molecular weight is 465 g/mol. The zero-order valence-electron chi connectivity index (χ0n) is 16.3. The maximum Gasteiger partial charge on any atom is 0.337 e. The first-order valence-electron chi connectivity index (χ1n) is 9.40. The van der Waals surface area contributed by atoms with Crippen LogP contribution in [0, 0.1) is 12.3 Å². The van der Waals surface area contributed by atoms with E-state index >= 15 is 0 Å². The zero-order chi connectivity index (χ0) is 21.5. The molecule has 1 aliphatic heterocycles. The van der Waals surface area contributed by atoms with Gasteiger partial charge in [0, 0.05) is 35.1 Å². The minimum Gasteiger partial charge on any atom is -0.478 e. The van der Waals surface area contributed by atoms with Gasteiger partial charge < -0.3 is 20.4 Å². The van der Waals surface area contributed by atoms with E-state index in [1.54, 1.807) is 0 Å². The topological polar surface area (TPSA) is 135 Å². The van der Waals surface area contributed by atoms with Gasteiger partial charge in [0.25, 0.3) is 5.56 Å². The van der Waals surface area contributed by atoms with Gasteiger partial charge in [0.2, 0.25) is 10.0 Å². The maximum absolute atomic E-state index is 13.3. The summed E-state index contributed by atoms with van der Waals surface area (Å²) < 4.78 is 27.9. The molecule has 1 saturated heterocycles. The molecule has 1 atom stereocenters. The number of rotatable bonds is 6. The van der Waals surface area contributed by atoms with Crippen molar-refractivity contribution in [1.29, 1.82) is 0 Å². The molecule has 4 N–H and O–H groups in total. The third-order valence-electron chi connectivity index (χ3n) is 5.34. The second-order valence-electron chi connectivity index (χ2n) is 7.21. The molecule has 0 radical (unpaired) electrons. The predicted molar refractivity (Wildman–Crippen MR) is 119 cm³/mol. The van der Waals surface area contributed by atoms with Gasteiger partial charge in [-0.15, -0.1) is 18.8 Å². The number of H-pyrrole nitrogens is 2. The number of hydrogen-bond donors (Lipinski definition) is 4. The van der Waals surface area contributed by atoms with E-state index in [1.807, 2.05) is 0 Å². The average Bonchev–Trinajstić information content (AvgIpc) is 3.37. The molecular formula is C20H21ClN4O5S. The van der Waals surface area contributed by atoms with E-state index in [2.05, 4.69) is 21.2 Å². The molecule has 0 spiro atoms. The van der Waals surface area contributed by atoms with E-state index in [0.29, 0.717) is 10.9 Å². The van der Waals surface area contributed by atoms with Crippen LogP contribution in [0.3, 0.4) is 0 Å². The number of aromatic nitrogens is 2. The molecule has 0 bridgehead atoms. The Kier molecular flexibility index (Phi) is 6.43. The molecule has 31 heavy (non-hydrogen) atoms. The first kappa shape index (κ1) is 22.8. The Hall–Kier alpha value is -2.84. The normalized spacial score (nSPS) is 16.5. The molecule has 0 aliphatic carbocycles. The predicted octanol–water partition coefficient (Wildman–Crippen LogP) is 1.51. The number of aromatic carboxylic acids is 1. The van der Waals surface area contributed by atoms with Crippen molar-refractivity contribution < 1.29 is 18.3 Å². The smallest absolute Gasteiger partial charge is 0.337 e. The van der Waals surface area contributed by atoms with Crippen LogP contribution >= 0.6 is 12.4 Å². The van der Waals surface area contributed by atoms with Crippen molar-refractivity contribution in [2.24, 2.45) is 0 Å². The fraction of sp³-hybridized carbons (Fsp3) is 0.300. The van der Waals surface area contributed by atoms with E-state index in [0.717, 1.165) is 19.4 Å². The number of halogens is 1. The van der Waals surface area contributed by atoms with Crippen molar-refractivity contribution in [2.45, 2.75) is 23.8 Å². The molecule has 164 valence electrons. The number of nitrogens with one attached hydrogen (secondary N) is 3. The van der Waals surface area contributed by atoms with Gasteiger partial charge in [-0.2, -0.15) is 4.31 Å². The van der Waals surface area contributed by atoms with Crippen molar-refractivity contribution >= 4 is 50.2 Å². The summed E-state index contributed by atoms with van der Waals surface area (Å²) in [5, 5.41) is 13.2. The lowest BCUT2D eigenvalue weighted by atomic mass is 10.1. The second kappa shape index (κ2) is 8.72. The van der Waals surface area contributed by atoms with Gasteiger partial charge in [-0.3, -0.25) is 4.79 Å². The van der Waals surface area contributed by atoms with Gasteiger partial charge in [-0.25, -0.2) is 13.2 Å². The minimum atomic E-state index is -3.94. The number of hydrogen-bond acceptors (Lipinski definition) is 5. The molecule has 0 amide bonds. The van der Waals surface area contributed by atoms with Gasteiger partial charge in [-0.1, -0.05) is 5.92 Å². The zero-order valence-corrected chi connectivity index (χ0v) is 18.0. The van der Waals surface area contributed by atoms with Gasteiger partial charge >= 0.3 is 5.97 Å². The number of aromatic amines is 2. The quantitative estimate of drug-likeness (QED) is 0.408. The summed E-state index contributed by atoms with van der Waals surface area (Å²) in [4.78, 5) is 29.2. The Morgan fingerprint density at radius 1 is 1.35 bits per heavy atom. The van der Waals surface area contributed by atoms with Crippen LogP contribution in [-0.4, -0.2) is 59.4 Å². The van der Waals surface area contributed by atoms with Crippen LogP contribution in [-0.2, 0) is 10.0 Å². The highest BCUT2D eigenvalue weighted by Crippen LogP contribution is 2.28. The molecule has 3 aromatic rings. The Morgan fingerprint density at radius 3 is 2.77 bits per heavy atom. The first-order chi connectivity index (χ1) is 14.3. The number of terminal acetylenes is 1. The number of nitrogens with zero attached hydrogens (tertiary/aromatic N) is 1. The number of pyridine rings is 1. The summed E-state index contributed by atoms with van der Waals surface area (Å²) in [6.07, 6.45) is 8.47. The van der Waals surface area contributed by atoms with Crippen molar-refractivity contribution in [3.8, 4) is 12.3 Å². The second-order valence-corrected chi connectivity index (χ2v) is 9.15. The van der Waals surface area contributed by atoms with Crippen molar-refractivity contribution in [1.82, 2.24) is 19.6 Å². The molecule has 2 aromatic heterocycles. The van der Waals surface area contributed by atoms with E-state index in [1.165, 1.54) is 28.7 Å². The molecular weight excluding hydrogens is 444 g/mol. The molecule has 3 heterocycles. The van der Waals surface area contributed by atoms with Crippen LogP contribution in [0.5, 0.6) is 0 Å². The molecule has 0 saturated carbocycles. The number of sulfonamides is 1. The van der Waals surface area contributed by atoms with Crippen LogP contribution in [0.4, 0.5) is 0 Å². The third kappa shape index (κ3) is 4.05. The van der Waals surface area contributed by atoms with E-state index in [4.69, 9.17) is 6.42 Å². The van der Waals surface area contributed by atoms with Gasteiger partial charge in [-0.05, 0) is 37.6 Å². The highest BCUT2D eigenvalue weighted by atomic mass is 35.5. The lowest BCUT2D eigenvalue weighted by Gasteiger charge is -2.23. The van der Waals surface area contributed by atoms with Crippen molar-refractivity contribution in [3.05, 3.63) is 40.3 Å². The summed E-state index contributed by atoms with van der Waals surface area (Å²) >= 11 is 0. The SMILES string of the molecule is C#CCN(CC1CCCN1)S(=O)(=O)c1ccc2[nH]c(=O)c3[nH]cc(C(=O)O)c3c2c1.Cl. The molecule has 1 aromatic carbocycles. The van der Waals surface area contributed by atoms with Gasteiger partial charge in [0.15, 0.2) is 0 Å². The van der Waals surface area contributed by atoms with Crippen LogP contribution in [0.2, 0.25) is 0 Å². The Balaban J connectivity index is 0.00000272. The Labute approximate surface area is 184 Å². The molecule has 9 nitrogen and oxygen atoms in total. The summed E-state index contributed by atoms with van der Waals surface area (Å²) in [5.41, 5.74) is -0.173. The molecule has 1 unspecified atom stereocenters. The third-order valence-corrected chi connectivity index (χ3v) is 7.15. The number of carboxylic acids is 1. The van der Waals surface area contributed by atoms with E-state index < -0.39 is 21.6 Å². The highest BCUT2D eigenvalue weighted by Gasteiger charge is 2.28. The largest absolute Gasteiger partial charge is 0.478 e. The fourth-order valence-electron chi connectivity index (χ4n) is 3.89. The Morgan fingerprint density at radius 2 is 2.13 bits per heavy atom. The van der Waals surface area contributed by atoms with Crippen molar-refractivity contribution in [2.75, 3.05) is 19.6 Å². The van der Waals surface area contributed by atoms with Gasteiger partial charge in [0.05, 0.1) is 17.0 Å². The van der Waals surface area contributed by atoms with E-state index in [9.17, 15) is 23.1 Å². The monoisotopic (exact) mass is 464 g/mol. The van der Waals surface area contributed by atoms with Crippen LogP contribution in [0.25, 0.3) is 21.8 Å². The molecule has 1 fully saturated rings. The van der Waals surface area contributed by atoms with Crippen LogP contribution < -0.4 is 10.9 Å². The lowest BCUT2D eigenvalue weighted by Crippen LogP contribution is -2.41. The molecule has 11 heteroatoms. The van der Waals surface area contributed by atoms with E-state index in [-0.39, 0.29) is 52.9 Å². The first-order valence-corrected chi connectivity index (χ1v) is 10.8. The lowest BCUT2D eigenvalue weighted by molar-refractivity contribution is 0.0699. The number of fused-ring (bicyclic) bond motifs is 3. The highest BCUT2D eigenvalue weighted by molar-refractivity contribution is 7.89.